The number of benzene rings is 1. The van der Waals surface area contributed by atoms with E-state index in [-0.39, 0.29) is 5.84 Å². The van der Waals surface area contributed by atoms with Crippen molar-refractivity contribution < 1.29 is 4.74 Å². The van der Waals surface area contributed by atoms with E-state index in [0.29, 0.717) is 17.9 Å². The van der Waals surface area contributed by atoms with Gasteiger partial charge in [-0.15, -0.1) is 0 Å². The highest BCUT2D eigenvalue weighted by Gasteiger charge is 2.12. The third-order valence-corrected chi connectivity index (χ3v) is 3.77. The summed E-state index contributed by atoms with van der Waals surface area (Å²) < 4.78 is 7.23. The minimum atomic E-state index is 0.0105. The van der Waals surface area contributed by atoms with Gasteiger partial charge in [0.1, 0.15) is 11.6 Å². The lowest BCUT2D eigenvalue weighted by Crippen LogP contribution is -2.14. The molecule has 1 aromatic heterocycles. The number of nitrogens with one attached hydrogen (secondary N) is 1. The summed E-state index contributed by atoms with van der Waals surface area (Å²) in [5, 5.41) is 12.2. The molecule has 0 amide bonds. The zero-order valence-electron chi connectivity index (χ0n) is 13.0. The second kappa shape index (κ2) is 5.99. The second-order valence-corrected chi connectivity index (χ2v) is 5.11. The van der Waals surface area contributed by atoms with Crippen LogP contribution in [-0.2, 0) is 13.0 Å². The van der Waals surface area contributed by atoms with E-state index in [4.69, 9.17) is 15.9 Å². The molecule has 0 unspecified atom stereocenters. The van der Waals surface area contributed by atoms with E-state index in [2.05, 4.69) is 18.9 Å². The number of hydrogen-bond donors (Lipinski definition) is 2. The molecule has 1 aromatic carbocycles. The Hall–Kier alpha value is -2.30. The van der Waals surface area contributed by atoms with Gasteiger partial charge in [0.25, 0.3) is 0 Å². The highest BCUT2D eigenvalue weighted by atomic mass is 16.5. The van der Waals surface area contributed by atoms with Gasteiger partial charge in [0.15, 0.2) is 0 Å². The largest absolute Gasteiger partial charge is 0.496 e. The number of hydrogen-bond acceptors (Lipinski definition) is 3. The van der Waals surface area contributed by atoms with Gasteiger partial charge in [-0.25, -0.2) is 0 Å². The molecule has 0 aliphatic heterocycles. The van der Waals surface area contributed by atoms with Crippen LogP contribution in [0.3, 0.4) is 0 Å². The fourth-order valence-corrected chi connectivity index (χ4v) is 2.64. The van der Waals surface area contributed by atoms with E-state index in [9.17, 15) is 0 Å². The lowest BCUT2D eigenvalue weighted by atomic mass is 10.1. The molecule has 0 atom stereocenters. The molecule has 1 heterocycles. The number of aryl methyl sites for hydroxylation is 1. The Kier molecular flexibility index (Phi) is 4.31. The van der Waals surface area contributed by atoms with E-state index >= 15 is 0 Å². The minimum Gasteiger partial charge on any atom is -0.496 e. The van der Waals surface area contributed by atoms with Crippen LogP contribution in [0.25, 0.3) is 0 Å². The normalized spacial score (nSPS) is 10.7. The molecule has 3 N–H and O–H groups in total. The quantitative estimate of drug-likeness (QED) is 0.654. The Morgan fingerprint density at radius 2 is 2.10 bits per heavy atom. The summed E-state index contributed by atoms with van der Waals surface area (Å²) in [6, 6.07) is 5.72. The van der Waals surface area contributed by atoms with Crippen molar-refractivity contribution in [1.29, 1.82) is 5.41 Å². The third kappa shape index (κ3) is 2.91. The van der Waals surface area contributed by atoms with Crippen molar-refractivity contribution >= 4 is 5.84 Å². The maximum absolute atomic E-state index is 7.64. The SMILES string of the molecule is CCc1c(C)nn(Cc2ccc(OC)c(C(=N)N)c2)c1C. The van der Waals surface area contributed by atoms with Crippen LogP contribution in [0, 0.1) is 19.3 Å². The lowest BCUT2D eigenvalue weighted by Gasteiger charge is -2.11. The third-order valence-electron chi connectivity index (χ3n) is 3.77. The first-order valence-electron chi connectivity index (χ1n) is 7.02. The summed E-state index contributed by atoms with van der Waals surface area (Å²) in [6.45, 7) is 6.94. The average molecular weight is 286 g/mol. The summed E-state index contributed by atoms with van der Waals surface area (Å²) in [6.07, 6.45) is 0.985. The van der Waals surface area contributed by atoms with Gasteiger partial charge in [0, 0.05) is 5.69 Å². The molecule has 0 fully saturated rings. The molecule has 2 rings (SSSR count). The van der Waals surface area contributed by atoms with Crippen molar-refractivity contribution in [3.63, 3.8) is 0 Å². The molecule has 2 aromatic rings. The summed E-state index contributed by atoms with van der Waals surface area (Å²) in [5.74, 6) is 0.630. The van der Waals surface area contributed by atoms with Crippen LogP contribution in [0.2, 0.25) is 0 Å². The number of amidine groups is 1. The number of nitrogen functional groups attached to an aromatic ring is 1. The fraction of sp³-hybridized carbons (Fsp3) is 0.375. The summed E-state index contributed by atoms with van der Waals surface area (Å²) in [7, 11) is 1.58. The van der Waals surface area contributed by atoms with E-state index in [0.717, 1.165) is 17.7 Å². The van der Waals surface area contributed by atoms with E-state index < -0.39 is 0 Å². The lowest BCUT2D eigenvalue weighted by molar-refractivity contribution is 0.413. The molecular formula is C16H22N4O. The number of rotatable bonds is 5. The molecule has 21 heavy (non-hydrogen) atoms. The summed E-state index contributed by atoms with van der Waals surface area (Å²) in [4.78, 5) is 0. The van der Waals surface area contributed by atoms with Gasteiger partial charge < -0.3 is 10.5 Å². The standard InChI is InChI=1S/C16H22N4O/c1-5-13-10(2)19-20(11(13)3)9-12-6-7-15(21-4)14(8-12)16(17)18/h6-8H,5,9H2,1-4H3,(H3,17,18). The number of aromatic nitrogens is 2. The molecule has 0 saturated carbocycles. The molecule has 0 radical (unpaired) electrons. The Morgan fingerprint density at radius 1 is 1.38 bits per heavy atom. The van der Waals surface area contributed by atoms with Crippen molar-refractivity contribution in [3.05, 3.63) is 46.3 Å². The number of nitrogens with zero attached hydrogens (tertiary/aromatic N) is 2. The number of nitrogens with two attached hydrogens (primary N) is 1. The fourth-order valence-electron chi connectivity index (χ4n) is 2.64. The molecule has 0 aliphatic rings. The molecular weight excluding hydrogens is 264 g/mol. The molecule has 0 bridgehead atoms. The average Bonchev–Trinajstić information content (AvgIpc) is 2.72. The number of methoxy groups -OCH3 is 1. The smallest absolute Gasteiger partial charge is 0.129 e. The van der Waals surface area contributed by atoms with Crippen molar-refractivity contribution in [2.75, 3.05) is 7.11 Å². The Labute approximate surface area is 125 Å². The van der Waals surface area contributed by atoms with Crippen LogP contribution in [0.5, 0.6) is 5.75 Å². The minimum absolute atomic E-state index is 0.0105. The van der Waals surface area contributed by atoms with Crippen molar-refractivity contribution in [2.45, 2.75) is 33.7 Å². The summed E-state index contributed by atoms with van der Waals surface area (Å²) in [5.41, 5.74) is 10.9. The Balaban J connectivity index is 2.36. The van der Waals surface area contributed by atoms with Crippen LogP contribution in [0.4, 0.5) is 0 Å². The molecule has 112 valence electrons. The van der Waals surface area contributed by atoms with E-state index in [1.165, 1.54) is 11.3 Å². The molecule has 5 heteroatoms. The topological polar surface area (TPSA) is 76.9 Å². The van der Waals surface area contributed by atoms with Crippen molar-refractivity contribution in [1.82, 2.24) is 9.78 Å². The Bertz CT molecular complexity index is 673. The first-order valence-corrected chi connectivity index (χ1v) is 7.02. The van der Waals surface area contributed by atoms with Gasteiger partial charge in [-0.1, -0.05) is 13.0 Å². The van der Waals surface area contributed by atoms with Crippen LogP contribution < -0.4 is 10.5 Å². The van der Waals surface area contributed by atoms with Gasteiger partial charge in [0.2, 0.25) is 0 Å². The van der Waals surface area contributed by atoms with Crippen LogP contribution in [0.15, 0.2) is 18.2 Å². The zero-order valence-corrected chi connectivity index (χ0v) is 13.0. The van der Waals surface area contributed by atoms with E-state index in [1.807, 2.05) is 29.8 Å². The molecule has 0 aliphatic carbocycles. The highest BCUT2D eigenvalue weighted by Crippen LogP contribution is 2.21. The van der Waals surface area contributed by atoms with Crippen LogP contribution in [0.1, 0.15) is 35.0 Å². The van der Waals surface area contributed by atoms with Gasteiger partial charge in [-0.05, 0) is 43.5 Å². The van der Waals surface area contributed by atoms with Crippen molar-refractivity contribution in [2.24, 2.45) is 5.73 Å². The van der Waals surface area contributed by atoms with Crippen LogP contribution in [-0.4, -0.2) is 22.7 Å². The van der Waals surface area contributed by atoms with Gasteiger partial charge >= 0.3 is 0 Å². The molecule has 0 spiro atoms. The van der Waals surface area contributed by atoms with Gasteiger partial charge in [0.05, 0.1) is 24.9 Å². The monoisotopic (exact) mass is 286 g/mol. The zero-order chi connectivity index (χ0) is 15.6. The van der Waals surface area contributed by atoms with Gasteiger partial charge in [-0.3, -0.25) is 10.1 Å². The van der Waals surface area contributed by atoms with Gasteiger partial charge in [-0.2, -0.15) is 5.10 Å². The molecule has 0 saturated heterocycles. The number of ether oxygens (including phenoxy) is 1. The second-order valence-electron chi connectivity index (χ2n) is 5.11. The maximum atomic E-state index is 7.64. The first kappa shape index (κ1) is 15.1. The molecule has 5 nitrogen and oxygen atoms in total. The van der Waals surface area contributed by atoms with Crippen molar-refractivity contribution in [3.8, 4) is 5.75 Å². The van der Waals surface area contributed by atoms with Crippen LogP contribution >= 0.6 is 0 Å². The predicted molar refractivity (Wildman–Crippen MR) is 84.2 cm³/mol. The highest BCUT2D eigenvalue weighted by molar-refractivity contribution is 5.97. The predicted octanol–water partition coefficient (Wildman–Crippen LogP) is 2.40. The Morgan fingerprint density at radius 3 is 2.62 bits per heavy atom. The maximum Gasteiger partial charge on any atom is 0.129 e. The first-order chi connectivity index (χ1) is 9.97. The van der Waals surface area contributed by atoms with E-state index in [1.54, 1.807) is 7.11 Å². The summed E-state index contributed by atoms with van der Waals surface area (Å²) >= 11 is 0.